The minimum atomic E-state index is -0.641. The topological polar surface area (TPSA) is 135 Å². The van der Waals surface area contributed by atoms with Crippen molar-refractivity contribution in [1.82, 2.24) is 15.0 Å². The van der Waals surface area contributed by atoms with Crippen LogP contribution in [0.5, 0.6) is 0 Å². The highest BCUT2D eigenvalue weighted by atomic mass is 16.3. The first kappa shape index (κ1) is 21.0. The molecule has 0 aliphatic heterocycles. The van der Waals surface area contributed by atoms with Gasteiger partial charge in [-0.3, -0.25) is 9.59 Å². The Morgan fingerprint density at radius 2 is 2.03 bits per heavy atom. The summed E-state index contributed by atoms with van der Waals surface area (Å²) in [5, 5.41) is 22.1. The fourth-order valence-electron chi connectivity index (χ4n) is 3.72. The number of carbonyl (C=O) groups excluding carboxylic acids is 1. The van der Waals surface area contributed by atoms with E-state index in [1.54, 1.807) is 31.2 Å². The molecule has 32 heavy (non-hydrogen) atoms. The number of rotatable bonds is 7. The van der Waals surface area contributed by atoms with Crippen molar-refractivity contribution < 1.29 is 9.90 Å². The van der Waals surface area contributed by atoms with Gasteiger partial charge in [-0.05, 0) is 42.7 Å². The van der Waals surface area contributed by atoms with Gasteiger partial charge in [-0.2, -0.15) is 5.26 Å². The van der Waals surface area contributed by atoms with Gasteiger partial charge in [0.15, 0.2) is 0 Å². The van der Waals surface area contributed by atoms with E-state index in [1.165, 1.54) is 6.20 Å². The molecule has 0 bridgehead atoms. The van der Waals surface area contributed by atoms with E-state index in [0.717, 1.165) is 5.56 Å². The second-order valence-electron chi connectivity index (χ2n) is 7.52. The fourth-order valence-corrected chi connectivity index (χ4v) is 3.72. The number of aromatic amines is 2. The van der Waals surface area contributed by atoms with Crippen molar-refractivity contribution in [2.24, 2.45) is 0 Å². The first-order chi connectivity index (χ1) is 15.5. The molecule has 4 N–H and O–H groups in total. The zero-order valence-electron chi connectivity index (χ0n) is 17.3. The van der Waals surface area contributed by atoms with Crippen molar-refractivity contribution >= 4 is 22.5 Å². The Bertz CT molecular complexity index is 1380. The van der Waals surface area contributed by atoms with Crippen LogP contribution in [0.15, 0.2) is 59.5 Å². The molecule has 1 atom stereocenters. The molecule has 0 saturated heterocycles. The van der Waals surface area contributed by atoms with Gasteiger partial charge in [-0.25, -0.2) is 4.98 Å². The second-order valence-corrected chi connectivity index (χ2v) is 7.52. The van der Waals surface area contributed by atoms with Crippen LogP contribution in [-0.2, 0) is 6.42 Å². The third kappa shape index (κ3) is 4.15. The summed E-state index contributed by atoms with van der Waals surface area (Å²) in [7, 11) is 0. The lowest BCUT2D eigenvalue weighted by Crippen LogP contribution is -2.28. The summed E-state index contributed by atoms with van der Waals surface area (Å²) in [6, 6.07) is 15.9. The van der Waals surface area contributed by atoms with Crippen molar-refractivity contribution in [3.8, 4) is 17.5 Å². The zero-order chi connectivity index (χ0) is 22.7. The number of benzene rings is 2. The fraction of sp³-hybridized carbons (Fsp3) is 0.167. The van der Waals surface area contributed by atoms with Crippen LogP contribution in [0.4, 0.5) is 5.69 Å². The highest BCUT2D eigenvalue weighted by molar-refractivity contribution is 6.09. The van der Waals surface area contributed by atoms with Gasteiger partial charge < -0.3 is 20.4 Å². The Morgan fingerprint density at radius 3 is 2.75 bits per heavy atom. The number of hydrogen-bond donors (Lipinski definition) is 4. The number of aromatic nitrogens is 3. The van der Waals surface area contributed by atoms with E-state index in [1.807, 2.05) is 30.3 Å². The van der Waals surface area contributed by atoms with Gasteiger partial charge in [0.2, 0.25) is 0 Å². The number of Topliss-reactive ketones (excluding diaryl/α,β-unsaturated/α-hetero) is 1. The number of hydrogen-bond acceptors (Lipinski definition) is 6. The number of pyridine rings is 1. The summed E-state index contributed by atoms with van der Waals surface area (Å²) in [5.74, 6) is -0.317. The quantitative estimate of drug-likeness (QED) is 0.265. The number of anilines is 1. The Hall–Kier alpha value is -4.22. The van der Waals surface area contributed by atoms with E-state index in [-0.39, 0.29) is 23.8 Å². The summed E-state index contributed by atoms with van der Waals surface area (Å²) >= 11 is 0. The Kier molecular flexibility index (Phi) is 5.83. The van der Waals surface area contributed by atoms with Gasteiger partial charge in [0.05, 0.1) is 29.4 Å². The average molecular weight is 427 g/mol. The van der Waals surface area contributed by atoms with E-state index >= 15 is 0 Å². The van der Waals surface area contributed by atoms with Crippen molar-refractivity contribution in [2.75, 3.05) is 11.9 Å². The molecule has 0 aliphatic carbocycles. The monoisotopic (exact) mass is 427 g/mol. The van der Waals surface area contributed by atoms with Gasteiger partial charge in [0, 0.05) is 11.8 Å². The number of imidazole rings is 1. The molecule has 0 aliphatic rings. The van der Waals surface area contributed by atoms with E-state index in [0.29, 0.717) is 40.1 Å². The summed E-state index contributed by atoms with van der Waals surface area (Å²) in [6.45, 7) is 1.66. The number of H-pyrrole nitrogens is 2. The van der Waals surface area contributed by atoms with Crippen LogP contribution in [-0.4, -0.2) is 38.5 Å². The molecule has 4 aromatic rings. The number of ketones is 1. The van der Waals surface area contributed by atoms with E-state index in [2.05, 4.69) is 20.3 Å². The zero-order valence-corrected chi connectivity index (χ0v) is 17.3. The molecule has 0 radical (unpaired) electrons. The Morgan fingerprint density at radius 1 is 1.25 bits per heavy atom. The SMILES string of the molecule is Cc1cc(C(=O)C#N)cc2[nH]c(-c3c(N[C@@H](CO)Cc4ccccc4)cc[nH]c3=O)nc12. The number of carbonyl (C=O) groups is 1. The lowest BCUT2D eigenvalue weighted by molar-refractivity contribution is 0.105. The van der Waals surface area contributed by atoms with Crippen molar-refractivity contribution in [1.29, 1.82) is 5.26 Å². The average Bonchev–Trinajstić information content (AvgIpc) is 3.23. The molecule has 0 spiro atoms. The molecular weight excluding hydrogens is 406 g/mol. The number of fused-ring (bicyclic) bond motifs is 1. The highest BCUT2D eigenvalue weighted by Gasteiger charge is 2.19. The molecule has 2 aromatic carbocycles. The number of nitrogens with one attached hydrogen (secondary N) is 3. The normalized spacial score (nSPS) is 11.8. The van der Waals surface area contributed by atoms with Crippen molar-refractivity contribution in [3.05, 3.63) is 81.8 Å². The van der Waals surface area contributed by atoms with Crippen molar-refractivity contribution in [2.45, 2.75) is 19.4 Å². The number of nitriles is 1. The summed E-state index contributed by atoms with van der Waals surface area (Å²) in [6.07, 6.45) is 2.10. The first-order valence-corrected chi connectivity index (χ1v) is 10.1. The lowest BCUT2D eigenvalue weighted by Gasteiger charge is -2.19. The predicted molar refractivity (Wildman–Crippen MR) is 121 cm³/mol. The van der Waals surface area contributed by atoms with Crippen LogP contribution in [0.25, 0.3) is 22.4 Å². The third-order valence-electron chi connectivity index (χ3n) is 5.24. The molecule has 2 aromatic heterocycles. The van der Waals surface area contributed by atoms with E-state index in [9.17, 15) is 14.7 Å². The van der Waals surface area contributed by atoms with E-state index in [4.69, 9.17) is 5.26 Å². The number of aryl methyl sites for hydroxylation is 1. The van der Waals surface area contributed by atoms with Gasteiger partial charge in [0.1, 0.15) is 17.5 Å². The van der Waals surface area contributed by atoms with Crippen LogP contribution in [0.3, 0.4) is 0 Å². The molecule has 160 valence electrons. The molecule has 8 heteroatoms. The number of aliphatic hydroxyl groups is 1. The standard InChI is InChI=1S/C24H21N5O3/c1-14-9-16(20(31)12-25)11-19-22(14)29-23(28-19)21-18(7-8-26-24(21)32)27-17(13-30)10-15-5-3-2-4-6-15/h2-9,11,17,30H,10,13H2,1H3,(H,28,29)(H2,26,27,32)/t17-/m1/s1. The Balaban J connectivity index is 1.74. The molecule has 8 nitrogen and oxygen atoms in total. The third-order valence-corrected chi connectivity index (χ3v) is 5.24. The van der Waals surface area contributed by atoms with Crippen LogP contribution < -0.4 is 10.9 Å². The molecule has 4 rings (SSSR count). The highest BCUT2D eigenvalue weighted by Crippen LogP contribution is 2.27. The molecule has 0 amide bonds. The molecule has 0 fully saturated rings. The smallest absolute Gasteiger partial charge is 0.262 e. The van der Waals surface area contributed by atoms with Gasteiger partial charge in [-0.15, -0.1) is 0 Å². The first-order valence-electron chi connectivity index (χ1n) is 10.1. The maximum atomic E-state index is 12.7. The largest absolute Gasteiger partial charge is 0.394 e. The van der Waals surface area contributed by atoms with Gasteiger partial charge >= 0.3 is 0 Å². The van der Waals surface area contributed by atoms with Crippen LogP contribution >= 0.6 is 0 Å². The maximum absolute atomic E-state index is 12.7. The number of aliphatic hydroxyl groups excluding tert-OH is 1. The maximum Gasteiger partial charge on any atom is 0.262 e. The second kappa shape index (κ2) is 8.88. The molecule has 0 unspecified atom stereocenters. The van der Waals surface area contributed by atoms with Gasteiger partial charge in [-0.1, -0.05) is 30.3 Å². The van der Waals surface area contributed by atoms with Crippen LogP contribution in [0.2, 0.25) is 0 Å². The van der Waals surface area contributed by atoms with Gasteiger partial charge in [0.25, 0.3) is 11.3 Å². The summed E-state index contributed by atoms with van der Waals surface area (Å²) in [5.41, 5.74) is 3.65. The lowest BCUT2D eigenvalue weighted by atomic mass is 10.1. The van der Waals surface area contributed by atoms with E-state index < -0.39 is 5.78 Å². The predicted octanol–water partition coefficient (Wildman–Crippen LogP) is 2.95. The minimum absolute atomic E-state index is 0.125. The van der Waals surface area contributed by atoms with Crippen LogP contribution in [0, 0.1) is 18.3 Å². The Labute approximate surface area is 183 Å². The molecule has 2 heterocycles. The number of nitrogens with zero attached hydrogens (tertiary/aromatic N) is 2. The minimum Gasteiger partial charge on any atom is -0.394 e. The summed E-state index contributed by atoms with van der Waals surface area (Å²) in [4.78, 5) is 34.9. The summed E-state index contributed by atoms with van der Waals surface area (Å²) < 4.78 is 0. The van der Waals surface area contributed by atoms with Crippen LogP contribution in [0.1, 0.15) is 21.5 Å². The molecular formula is C24H21N5O3. The van der Waals surface area contributed by atoms with Crippen molar-refractivity contribution in [3.63, 3.8) is 0 Å². The molecule has 0 saturated carbocycles.